The van der Waals surface area contributed by atoms with Crippen LogP contribution in [0.25, 0.3) is 5.78 Å². The predicted octanol–water partition coefficient (Wildman–Crippen LogP) is 2.77. The topological polar surface area (TPSA) is 130 Å². The second kappa shape index (κ2) is 7.38. The van der Waals surface area contributed by atoms with E-state index in [1.165, 1.54) is 11.2 Å². The number of nitrogen functional groups attached to an aromatic ring is 1. The highest BCUT2D eigenvalue weighted by atomic mass is 32.1. The molecule has 0 saturated carbocycles. The minimum atomic E-state index is 0.366. The zero-order chi connectivity index (χ0) is 19.8. The number of thiophene rings is 1. The number of anilines is 2. The lowest BCUT2D eigenvalue weighted by atomic mass is 9.96. The highest BCUT2D eigenvalue weighted by Gasteiger charge is 2.23. The number of hydrogen-bond donors (Lipinski definition) is 1. The summed E-state index contributed by atoms with van der Waals surface area (Å²) in [5.41, 5.74) is 8.59. The van der Waals surface area contributed by atoms with E-state index in [0.717, 1.165) is 31.2 Å². The van der Waals surface area contributed by atoms with Crippen LogP contribution in [0.1, 0.15) is 28.8 Å². The average Bonchev–Trinajstić information content (AvgIpc) is 3.37. The van der Waals surface area contributed by atoms with Crippen molar-refractivity contribution in [3.8, 4) is 6.07 Å². The Labute approximate surface area is 170 Å². The van der Waals surface area contributed by atoms with Crippen molar-refractivity contribution in [3.05, 3.63) is 22.3 Å². The van der Waals surface area contributed by atoms with Gasteiger partial charge in [-0.2, -0.15) is 10.2 Å². The van der Waals surface area contributed by atoms with Gasteiger partial charge in [0.1, 0.15) is 18.2 Å². The van der Waals surface area contributed by atoms with Crippen LogP contribution in [0.3, 0.4) is 0 Å². The molecule has 1 saturated heterocycles. The van der Waals surface area contributed by atoms with Crippen LogP contribution in [0, 0.1) is 11.3 Å². The van der Waals surface area contributed by atoms with Crippen LogP contribution in [-0.2, 0) is 17.6 Å². The van der Waals surface area contributed by atoms with E-state index in [-0.39, 0.29) is 0 Å². The molecule has 0 unspecified atom stereocenters. The third-order valence-electron chi connectivity index (χ3n) is 5.27. The van der Waals surface area contributed by atoms with Crippen molar-refractivity contribution in [3.63, 3.8) is 0 Å². The second-order valence-electron chi connectivity index (χ2n) is 6.97. The molecule has 0 radical (unpaired) electrons. The van der Waals surface area contributed by atoms with Gasteiger partial charge < -0.3 is 15.4 Å². The number of azo groups is 1. The molecule has 0 aromatic carbocycles. The number of aryl methyl sites for hydroxylation is 1. The molecule has 4 heterocycles. The van der Waals surface area contributed by atoms with Gasteiger partial charge in [0.05, 0.1) is 18.8 Å². The molecule has 0 atom stereocenters. The lowest BCUT2D eigenvalue weighted by Crippen LogP contribution is -2.37. The van der Waals surface area contributed by atoms with E-state index in [9.17, 15) is 5.26 Å². The summed E-state index contributed by atoms with van der Waals surface area (Å²) in [6.07, 6.45) is 5.69. The number of hydrogen-bond acceptors (Lipinski definition) is 10. The summed E-state index contributed by atoms with van der Waals surface area (Å²) >= 11 is 1.55. The van der Waals surface area contributed by atoms with Gasteiger partial charge in [-0.25, -0.2) is 4.40 Å². The Balaban J connectivity index is 1.60. The van der Waals surface area contributed by atoms with Crippen LogP contribution in [-0.4, -0.2) is 45.9 Å². The highest BCUT2D eigenvalue weighted by Crippen LogP contribution is 2.41. The van der Waals surface area contributed by atoms with E-state index < -0.39 is 0 Å². The van der Waals surface area contributed by atoms with Gasteiger partial charge in [0, 0.05) is 18.0 Å². The zero-order valence-corrected chi connectivity index (χ0v) is 16.5. The Kier molecular flexibility index (Phi) is 4.57. The minimum Gasteiger partial charge on any atom is -0.383 e. The fourth-order valence-electron chi connectivity index (χ4n) is 3.78. The molecule has 148 valence electrons. The summed E-state index contributed by atoms with van der Waals surface area (Å²) in [6, 6.07) is 2.32. The summed E-state index contributed by atoms with van der Waals surface area (Å²) in [5, 5.41) is 27.1. The van der Waals surface area contributed by atoms with E-state index in [1.54, 1.807) is 15.7 Å². The summed E-state index contributed by atoms with van der Waals surface area (Å²) in [4.78, 5) is 7.91. The molecule has 1 aliphatic carbocycles. The van der Waals surface area contributed by atoms with Crippen LogP contribution < -0.4 is 10.6 Å². The number of fused-ring (bicyclic) bond motifs is 2. The Bertz CT molecular complexity index is 1140. The Morgan fingerprint density at radius 1 is 1.21 bits per heavy atom. The molecule has 1 fully saturated rings. The molecular formula is C18H19N9OS. The number of rotatable bonds is 3. The molecular weight excluding hydrogens is 390 g/mol. The van der Waals surface area contributed by atoms with Gasteiger partial charge in [-0.3, -0.25) is 0 Å². The quantitative estimate of drug-likeness (QED) is 0.658. The summed E-state index contributed by atoms with van der Waals surface area (Å²) in [5.74, 6) is 1.38. The molecule has 2 N–H and O–H groups in total. The monoisotopic (exact) mass is 409 g/mol. The fraction of sp³-hybridized carbons (Fsp3) is 0.444. The van der Waals surface area contributed by atoms with Gasteiger partial charge in [-0.1, -0.05) is 0 Å². The van der Waals surface area contributed by atoms with Crippen molar-refractivity contribution in [2.75, 3.05) is 36.9 Å². The minimum absolute atomic E-state index is 0.366. The molecule has 3 aromatic rings. The van der Waals surface area contributed by atoms with Crippen molar-refractivity contribution < 1.29 is 4.74 Å². The predicted molar refractivity (Wildman–Crippen MR) is 108 cm³/mol. The first kappa shape index (κ1) is 18.0. The second-order valence-corrected chi connectivity index (χ2v) is 8.06. The maximum absolute atomic E-state index is 9.66. The maximum Gasteiger partial charge on any atom is 0.258 e. The van der Waals surface area contributed by atoms with E-state index in [4.69, 9.17) is 10.5 Å². The van der Waals surface area contributed by atoms with Crippen LogP contribution in [0.4, 0.5) is 22.3 Å². The third kappa shape index (κ3) is 3.10. The largest absolute Gasteiger partial charge is 0.383 e. The first-order chi connectivity index (χ1) is 14.3. The normalized spacial score (nSPS) is 17.0. The molecule has 3 aromatic heterocycles. The lowest BCUT2D eigenvalue weighted by Gasteiger charge is -2.28. The van der Waals surface area contributed by atoms with Crippen LogP contribution >= 0.6 is 11.3 Å². The summed E-state index contributed by atoms with van der Waals surface area (Å²) in [6.45, 7) is 2.56. The third-order valence-corrected chi connectivity index (χ3v) is 6.44. The van der Waals surface area contributed by atoms with Crippen molar-refractivity contribution in [1.82, 2.24) is 19.6 Å². The molecule has 1 aliphatic heterocycles. The van der Waals surface area contributed by atoms with Gasteiger partial charge in [0.15, 0.2) is 16.5 Å². The van der Waals surface area contributed by atoms with Gasteiger partial charge in [0.2, 0.25) is 0 Å². The molecule has 0 bridgehead atoms. The number of nitrogens with zero attached hydrogens (tertiary/aromatic N) is 8. The van der Waals surface area contributed by atoms with Crippen LogP contribution in [0.15, 0.2) is 16.6 Å². The van der Waals surface area contributed by atoms with Crippen LogP contribution in [0.2, 0.25) is 0 Å². The van der Waals surface area contributed by atoms with Gasteiger partial charge in [-0.05, 0) is 31.2 Å². The molecule has 2 aliphatic rings. The maximum atomic E-state index is 9.66. The number of nitrogens with two attached hydrogens (primary N) is 1. The number of ether oxygens (including phenoxy) is 1. The number of morpholine rings is 1. The molecule has 29 heavy (non-hydrogen) atoms. The first-order valence-corrected chi connectivity index (χ1v) is 10.4. The number of aromatic nitrogens is 4. The summed E-state index contributed by atoms with van der Waals surface area (Å²) in [7, 11) is 0. The Morgan fingerprint density at radius 2 is 2.03 bits per heavy atom. The Morgan fingerprint density at radius 3 is 2.86 bits per heavy atom. The van der Waals surface area contributed by atoms with E-state index >= 15 is 0 Å². The van der Waals surface area contributed by atoms with Gasteiger partial charge in [-0.15, -0.1) is 31.8 Å². The van der Waals surface area contributed by atoms with Gasteiger partial charge in [0.25, 0.3) is 5.78 Å². The zero-order valence-electron chi connectivity index (χ0n) is 15.7. The molecule has 0 amide bonds. The first-order valence-electron chi connectivity index (χ1n) is 9.54. The Hall–Kier alpha value is -3.10. The van der Waals surface area contributed by atoms with Crippen molar-refractivity contribution in [2.45, 2.75) is 25.7 Å². The fourth-order valence-corrected chi connectivity index (χ4v) is 4.94. The average molecular weight is 409 g/mol. The van der Waals surface area contributed by atoms with E-state index in [0.29, 0.717) is 60.0 Å². The standard InChI is InChI=1S/C18H19N9OS/c19-9-12-11-3-1-2-4-13(11)29-17(12)24-23-14-15(20)27-10-21-25-18(27)22-16(14)26-5-7-28-8-6-26/h10H,1-8,20H2. The molecule has 11 heteroatoms. The van der Waals surface area contributed by atoms with E-state index in [1.807, 2.05) is 0 Å². The van der Waals surface area contributed by atoms with Crippen LogP contribution in [0.5, 0.6) is 0 Å². The molecule has 10 nitrogen and oxygen atoms in total. The highest BCUT2D eigenvalue weighted by molar-refractivity contribution is 7.16. The lowest BCUT2D eigenvalue weighted by molar-refractivity contribution is 0.122. The van der Waals surface area contributed by atoms with Gasteiger partial charge >= 0.3 is 0 Å². The van der Waals surface area contributed by atoms with Crippen molar-refractivity contribution >= 4 is 39.4 Å². The smallest absolute Gasteiger partial charge is 0.258 e. The molecule has 0 spiro atoms. The van der Waals surface area contributed by atoms with Crippen molar-refractivity contribution in [1.29, 1.82) is 5.26 Å². The molecule has 5 rings (SSSR count). The SMILES string of the molecule is N#Cc1c(N=Nc2c(N3CCOCC3)nc3nncn3c2N)sc2c1CCCC2. The van der Waals surface area contributed by atoms with Crippen molar-refractivity contribution in [2.24, 2.45) is 10.2 Å². The summed E-state index contributed by atoms with van der Waals surface area (Å²) < 4.78 is 7.03. The number of nitriles is 1. The van der Waals surface area contributed by atoms with E-state index in [2.05, 4.69) is 36.4 Å².